The number of ether oxygens (including phenoxy) is 1. The van der Waals surface area contributed by atoms with Gasteiger partial charge in [-0.25, -0.2) is 4.98 Å². The van der Waals surface area contributed by atoms with Crippen LogP contribution in [0.3, 0.4) is 0 Å². The maximum absolute atomic E-state index is 12.4. The van der Waals surface area contributed by atoms with Gasteiger partial charge in [-0.05, 0) is 38.1 Å². The van der Waals surface area contributed by atoms with Crippen LogP contribution in [0.2, 0.25) is 0 Å². The molecule has 2 amide bonds. The van der Waals surface area contributed by atoms with E-state index in [0.717, 1.165) is 10.6 Å². The van der Waals surface area contributed by atoms with Crippen molar-refractivity contribution in [1.82, 2.24) is 15.8 Å². The number of hydrogen-bond acceptors (Lipinski definition) is 6. The highest BCUT2D eigenvalue weighted by Gasteiger charge is 2.17. The number of aryl methyl sites for hydroxylation is 1. The number of nitrogens with zero attached hydrogens (tertiary/aromatic N) is 1. The summed E-state index contributed by atoms with van der Waals surface area (Å²) < 4.78 is 5.35. The van der Waals surface area contributed by atoms with E-state index in [4.69, 9.17) is 4.74 Å². The second-order valence-corrected chi connectivity index (χ2v) is 7.68. The molecule has 160 valence electrons. The second kappa shape index (κ2) is 10.5. The Morgan fingerprint density at radius 2 is 1.68 bits per heavy atom. The first-order valence-corrected chi connectivity index (χ1v) is 10.7. The van der Waals surface area contributed by atoms with Crippen LogP contribution >= 0.6 is 11.3 Å². The summed E-state index contributed by atoms with van der Waals surface area (Å²) >= 11 is 1.25. The molecule has 0 saturated heterocycles. The molecule has 0 aliphatic carbocycles. The number of thiazole rings is 1. The predicted molar refractivity (Wildman–Crippen MR) is 119 cm³/mol. The molecule has 3 rings (SSSR count). The Labute approximate surface area is 184 Å². The van der Waals surface area contributed by atoms with E-state index in [1.165, 1.54) is 11.3 Å². The van der Waals surface area contributed by atoms with Gasteiger partial charge >= 0.3 is 0 Å². The number of carbonyl (C=O) groups is 3. The van der Waals surface area contributed by atoms with Gasteiger partial charge in [0.15, 0.2) is 5.78 Å². The van der Waals surface area contributed by atoms with E-state index in [1.54, 1.807) is 31.2 Å². The van der Waals surface area contributed by atoms with Crippen LogP contribution in [0.15, 0.2) is 54.6 Å². The quantitative estimate of drug-likeness (QED) is 0.411. The lowest BCUT2D eigenvalue weighted by Gasteiger charge is -2.07. The summed E-state index contributed by atoms with van der Waals surface area (Å²) in [7, 11) is 0. The Kier molecular flexibility index (Phi) is 7.50. The van der Waals surface area contributed by atoms with E-state index in [0.29, 0.717) is 28.5 Å². The Balaban J connectivity index is 1.49. The van der Waals surface area contributed by atoms with Crippen molar-refractivity contribution in [2.45, 2.75) is 26.7 Å². The Morgan fingerprint density at radius 1 is 0.968 bits per heavy atom. The van der Waals surface area contributed by atoms with Gasteiger partial charge in [-0.15, -0.1) is 11.3 Å². The van der Waals surface area contributed by atoms with Gasteiger partial charge in [0.1, 0.15) is 15.6 Å². The molecular weight excluding hydrogens is 414 g/mol. The van der Waals surface area contributed by atoms with E-state index in [2.05, 4.69) is 15.8 Å². The van der Waals surface area contributed by atoms with Crippen molar-refractivity contribution < 1.29 is 19.1 Å². The number of hydrogen-bond donors (Lipinski definition) is 2. The highest BCUT2D eigenvalue weighted by atomic mass is 32.1. The molecule has 0 atom stereocenters. The lowest BCUT2D eigenvalue weighted by molar-refractivity contribution is -0.121. The number of benzene rings is 2. The van der Waals surface area contributed by atoms with Crippen LogP contribution in [0.25, 0.3) is 10.6 Å². The third kappa shape index (κ3) is 5.99. The molecule has 1 heterocycles. The topological polar surface area (TPSA) is 97.4 Å². The zero-order valence-electron chi connectivity index (χ0n) is 17.3. The number of ketones is 1. The molecule has 7 nitrogen and oxygen atoms in total. The van der Waals surface area contributed by atoms with E-state index < -0.39 is 11.8 Å². The van der Waals surface area contributed by atoms with Crippen molar-refractivity contribution in [3.63, 3.8) is 0 Å². The number of Topliss-reactive ketones (excluding diaryl/α,β-unsaturated/α-hetero) is 1. The van der Waals surface area contributed by atoms with Crippen LogP contribution in [0.5, 0.6) is 5.75 Å². The van der Waals surface area contributed by atoms with Crippen molar-refractivity contribution in [1.29, 1.82) is 0 Å². The van der Waals surface area contributed by atoms with Crippen molar-refractivity contribution >= 4 is 28.9 Å². The number of nitrogens with one attached hydrogen (secondary N) is 2. The van der Waals surface area contributed by atoms with Crippen molar-refractivity contribution in [2.24, 2.45) is 0 Å². The Morgan fingerprint density at radius 3 is 2.35 bits per heavy atom. The number of carbonyl (C=O) groups excluding carboxylic acids is 3. The van der Waals surface area contributed by atoms with Gasteiger partial charge in [-0.1, -0.05) is 30.3 Å². The first-order valence-electron chi connectivity index (χ1n) is 9.86. The van der Waals surface area contributed by atoms with Gasteiger partial charge in [0, 0.05) is 24.0 Å². The fourth-order valence-electron chi connectivity index (χ4n) is 2.83. The average molecular weight is 438 g/mol. The highest BCUT2D eigenvalue weighted by Crippen LogP contribution is 2.27. The molecule has 0 fully saturated rings. The third-order valence-corrected chi connectivity index (χ3v) is 5.61. The van der Waals surface area contributed by atoms with E-state index in [1.807, 2.05) is 37.3 Å². The SMILES string of the molecule is CCOc1ccc(C(=O)CCC(=O)NNC(=O)c2sc(-c3ccccc3)nc2C)cc1. The summed E-state index contributed by atoms with van der Waals surface area (Å²) in [6.45, 7) is 4.18. The Bertz CT molecular complexity index is 1060. The lowest BCUT2D eigenvalue weighted by Crippen LogP contribution is -2.41. The maximum Gasteiger partial charge on any atom is 0.281 e. The largest absolute Gasteiger partial charge is 0.494 e. The zero-order valence-corrected chi connectivity index (χ0v) is 18.1. The van der Waals surface area contributed by atoms with E-state index >= 15 is 0 Å². The monoisotopic (exact) mass is 437 g/mol. The minimum atomic E-state index is -0.446. The van der Waals surface area contributed by atoms with Gasteiger partial charge in [-0.2, -0.15) is 0 Å². The van der Waals surface area contributed by atoms with Crippen LogP contribution in [-0.2, 0) is 4.79 Å². The number of rotatable bonds is 8. The standard InChI is InChI=1S/C23H23N3O4S/c1-3-30-18-11-9-16(10-12-18)19(27)13-14-20(28)25-26-22(29)21-15(2)24-23(31-21)17-7-5-4-6-8-17/h4-12H,3,13-14H2,1-2H3,(H,25,28)(H,26,29). The number of amides is 2. The first-order chi connectivity index (χ1) is 15.0. The van der Waals surface area contributed by atoms with Gasteiger partial charge in [0.05, 0.1) is 12.3 Å². The molecule has 3 aromatic rings. The zero-order chi connectivity index (χ0) is 22.2. The molecule has 0 spiro atoms. The predicted octanol–water partition coefficient (Wildman–Crippen LogP) is 3.94. The van der Waals surface area contributed by atoms with Gasteiger partial charge in [0.2, 0.25) is 5.91 Å². The molecule has 0 radical (unpaired) electrons. The van der Waals surface area contributed by atoms with Crippen molar-refractivity contribution in [2.75, 3.05) is 6.61 Å². The molecular formula is C23H23N3O4S. The summed E-state index contributed by atoms with van der Waals surface area (Å²) in [5.41, 5.74) is 6.77. The van der Waals surface area contributed by atoms with Crippen LogP contribution < -0.4 is 15.6 Å². The summed E-state index contributed by atoms with van der Waals surface area (Å²) in [4.78, 5) is 41.6. The minimum absolute atomic E-state index is 0.0351. The van der Waals surface area contributed by atoms with Crippen LogP contribution in [0, 0.1) is 6.92 Å². The molecule has 0 aliphatic rings. The molecule has 8 heteroatoms. The highest BCUT2D eigenvalue weighted by molar-refractivity contribution is 7.17. The molecule has 0 aliphatic heterocycles. The smallest absolute Gasteiger partial charge is 0.281 e. The maximum atomic E-state index is 12.4. The van der Waals surface area contributed by atoms with Gasteiger partial charge in [0.25, 0.3) is 5.91 Å². The molecule has 0 unspecified atom stereocenters. The van der Waals surface area contributed by atoms with Crippen LogP contribution in [-0.4, -0.2) is 29.2 Å². The van der Waals surface area contributed by atoms with Crippen molar-refractivity contribution in [3.05, 3.63) is 70.7 Å². The summed E-state index contributed by atoms with van der Waals surface area (Å²) in [5.74, 6) is -0.356. The van der Waals surface area contributed by atoms with E-state index in [-0.39, 0.29) is 18.6 Å². The fraction of sp³-hybridized carbons (Fsp3) is 0.217. The Hall–Kier alpha value is -3.52. The summed E-state index contributed by atoms with van der Waals surface area (Å²) in [6.07, 6.45) is -0.00328. The van der Waals surface area contributed by atoms with Crippen LogP contribution in [0.4, 0.5) is 0 Å². The molecule has 31 heavy (non-hydrogen) atoms. The molecule has 2 aromatic carbocycles. The normalized spacial score (nSPS) is 10.4. The van der Waals surface area contributed by atoms with Gasteiger partial charge < -0.3 is 4.74 Å². The molecule has 2 N–H and O–H groups in total. The van der Waals surface area contributed by atoms with Crippen molar-refractivity contribution in [3.8, 4) is 16.3 Å². The summed E-state index contributed by atoms with van der Waals surface area (Å²) in [6, 6.07) is 16.3. The van der Waals surface area contributed by atoms with Gasteiger partial charge in [-0.3, -0.25) is 25.2 Å². The average Bonchev–Trinajstić information content (AvgIpc) is 3.19. The third-order valence-electron chi connectivity index (χ3n) is 4.41. The molecule has 0 bridgehead atoms. The summed E-state index contributed by atoms with van der Waals surface area (Å²) in [5, 5.41) is 0.732. The first kappa shape index (κ1) is 22.2. The minimum Gasteiger partial charge on any atom is -0.494 e. The number of aromatic nitrogens is 1. The second-order valence-electron chi connectivity index (χ2n) is 6.68. The molecule has 0 saturated carbocycles. The lowest BCUT2D eigenvalue weighted by atomic mass is 10.1. The van der Waals surface area contributed by atoms with Crippen LogP contribution in [0.1, 0.15) is 45.5 Å². The molecule has 1 aromatic heterocycles. The van der Waals surface area contributed by atoms with E-state index in [9.17, 15) is 14.4 Å². The number of hydrazine groups is 1. The fourth-order valence-corrected chi connectivity index (χ4v) is 3.80.